The minimum absolute atomic E-state index is 0.0480. The molecule has 0 aromatic rings. The Hall–Kier alpha value is -1.06. The molecule has 0 rings (SSSR count). The van der Waals surface area contributed by atoms with Gasteiger partial charge in [-0.2, -0.15) is 0 Å². The number of hydrogen-bond acceptors (Lipinski definition) is 3. The lowest BCUT2D eigenvalue weighted by Crippen LogP contribution is -2.38. The zero-order valence-electron chi connectivity index (χ0n) is 12.3. The first-order valence-electron chi connectivity index (χ1n) is 6.57. The molecule has 0 aliphatic carbocycles. The molecular weight excluding hydrogens is 232 g/mol. The highest BCUT2D eigenvalue weighted by Crippen LogP contribution is 2.29. The van der Waals surface area contributed by atoms with Crippen molar-refractivity contribution in [2.75, 3.05) is 6.61 Å². The number of esters is 1. The zero-order chi connectivity index (χ0) is 14.5. The van der Waals surface area contributed by atoms with Crippen molar-refractivity contribution in [1.82, 2.24) is 0 Å². The summed E-state index contributed by atoms with van der Waals surface area (Å²) in [7, 11) is 0. The average Bonchev–Trinajstić information content (AvgIpc) is 2.20. The topological polar surface area (TPSA) is 63.6 Å². The van der Waals surface area contributed by atoms with E-state index in [1.807, 2.05) is 41.5 Å². The number of ether oxygens (including phenoxy) is 1. The number of carbonyl (C=O) groups is 2. The van der Waals surface area contributed by atoms with Gasteiger partial charge in [0.05, 0.1) is 18.4 Å². The van der Waals surface area contributed by atoms with Crippen LogP contribution in [-0.2, 0) is 14.3 Å². The summed E-state index contributed by atoms with van der Waals surface area (Å²) >= 11 is 0. The van der Waals surface area contributed by atoms with Gasteiger partial charge in [-0.1, -0.05) is 41.5 Å². The van der Waals surface area contributed by atoms with Gasteiger partial charge in [0.25, 0.3) is 0 Å². The molecule has 106 valence electrons. The largest absolute Gasteiger partial charge is 0.481 e. The van der Waals surface area contributed by atoms with E-state index in [-0.39, 0.29) is 23.7 Å². The SMILES string of the molecule is CC(C)COC(=O)[C@H](C(C)C)[C@@H](C(=O)O)C(C)C. The Bertz CT molecular complexity index is 282. The normalized spacial score (nSPS) is 14.9. The van der Waals surface area contributed by atoms with Gasteiger partial charge < -0.3 is 9.84 Å². The molecule has 0 heterocycles. The van der Waals surface area contributed by atoms with Crippen molar-refractivity contribution in [3.05, 3.63) is 0 Å². The van der Waals surface area contributed by atoms with Gasteiger partial charge >= 0.3 is 11.9 Å². The molecule has 4 heteroatoms. The van der Waals surface area contributed by atoms with Gasteiger partial charge in [-0.3, -0.25) is 9.59 Å². The summed E-state index contributed by atoms with van der Waals surface area (Å²) in [5.74, 6) is -2.48. The van der Waals surface area contributed by atoms with Crippen LogP contribution in [0.4, 0.5) is 0 Å². The van der Waals surface area contributed by atoms with Crippen LogP contribution in [-0.4, -0.2) is 23.7 Å². The first kappa shape index (κ1) is 16.9. The van der Waals surface area contributed by atoms with E-state index >= 15 is 0 Å². The fourth-order valence-electron chi connectivity index (χ4n) is 2.03. The fourth-order valence-corrected chi connectivity index (χ4v) is 2.03. The highest BCUT2D eigenvalue weighted by atomic mass is 16.5. The first-order chi connectivity index (χ1) is 8.18. The molecule has 0 aliphatic rings. The minimum atomic E-state index is -0.926. The Balaban J connectivity index is 4.93. The van der Waals surface area contributed by atoms with Crippen molar-refractivity contribution in [1.29, 1.82) is 0 Å². The van der Waals surface area contributed by atoms with Gasteiger partial charge in [-0.25, -0.2) is 0 Å². The lowest BCUT2D eigenvalue weighted by Gasteiger charge is -2.28. The molecule has 0 unspecified atom stereocenters. The van der Waals surface area contributed by atoms with E-state index in [1.165, 1.54) is 0 Å². The van der Waals surface area contributed by atoms with E-state index in [1.54, 1.807) is 0 Å². The standard InChI is InChI=1S/C14H26O4/c1-8(2)7-18-14(17)12(10(5)6)11(9(3)4)13(15)16/h8-12H,7H2,1-6H3,(H,15,16)/t11-,12+/m0/s1. The highest BCUT2D eigenvalue weighted by Gasteiger charge is 2.39. The number of hydrogen-bond donors (Lipinski definition) is 1. The van der Waals surface area contributed by atoms with Crippen LogP contribution in [0.2, 0.25) is 0 Å². The third kappa shape index (κ3) is 5.07. The zero-order valence-corrected chi connectivity index (χ0v) is 12.3. The Kier molecular flexibility index (Phi) is 6.96. The molecule has 0 fully saturated rings. The second-order valence-corrected chi connectivity index (χ2v) is 5.90. The number of carbonyl (C=O) groups excluding carboxylic acids is 1. The van der Waals surface area contributed by atoms with Gasteiger partial charge in [0.1, 0.15) is 0 Å². The second-order valence-electron chi connectivity index (χ2n) is 5.90. The summed E-state index contributed by atoms with van der Waals surface area (Å²) in [6, 6.07) is 0. The predicted octanol–water partition coefficient (Wildman–Crippen LogP) is 2.81. The van der Waals surface area contributed by atoms with Crippen LogP contribution in [0.5, 0.6) is 0 Å². The van der Waals surface area contributed by atoms with Crippen molar-refractivity contribution >= 4 is 11.9 Å². The van der Waals surface area contributed by atoms with E-state index in [0.29, 0.717) is 6.61 Å². The van der Waals surface area contributed by atoms with Crippen LogP contribution in [0, 0.1) is 29.6 Å². The molecule has 0 aromatic carbocycles. The maximum atomic E-state index is 12.1. The molecule has 4 nitrogen and oxygen atoms in total. The quantitative estimate of drug-likeness (QED) is 0.713. The Labute approximate surface area is 110 Å². The summed E-state index contributed by atoms with van der Waals surface area (Å²) in [4.78, 5) is 23.4. The van der Waals surface area contributed by atoms with Gasteiger partial charge in [0.15, 0.2) is 0 Å². The lowest BCUT2D eigenvalue weighted by atomic mass is 9.77. The maximum absolute atomic E-state index is 12.1. The molecule has 0 bridgehead atoms. The lowest BCUT2D eigenvalue weighted by molar-refractivity contribution is -0.162. The molecule has 0 radical (unpaired) electrons. The summed E-state index contributed by atoms with van der Waals surface area (Å²) in [6.07, 6.45) is 0. The van der Waals surface area contributed by atoms with E-state index < -0.39 is 17.8 Å². The Morgan fingerprint density at radius 1 is 0.944 bits per heavy atom. The third-order valence-corrected chi connectivity index (χ3v) is 2.94. The van der Waals surface area contributed by atoms with Crippen LogP contribution < -0.4 is 0 Å². The molecular formula is C14H26O4. The van der Waals surface area contributed by atoms with Crippen molar-refractivity contribution in [3.63, 3.8) is 0 Å². The predicted molar refractivity (Wildman–Crippen MR) is 70.1 cm³/mol. The van der Waals surface area contributed by atoms with E-state index in [0.717, 1.165) is 0 Å². The fraction of sp³-hybridized carbons (Fsp3) is 0.857. The molecule has 0 saturated carbocycles. The molecule has 0 aliphatic heterocycles. The van der Waals surface area contributed by atoms with Gasteiger partial charge in [-0.15, -0.1) is 0 Å². The van der Waals surface area contributed by atoms with Crippen LogP contribution in [0.15, 0.2) is 0 Å². The smallest absolute Gasteiger partial charge is 0.310 e. The molecule has 0 aromatic heterocycles. The van der Waals surface area contributed by atoms with E-state index in [4.69, 9.17) is 4.74 Å². The van der Waals surface area contributed by atoms with Crippen LogP contribution >= 0.6 is 0 Å². The molecule has 0 amide bonds. The van der Waals surface area contributed by atoms with E-state index in [9.17, 15) is 14.7 Å². The molecule has 18 heavy (non-hydrogen) atoms. The molecule has 0 spiro atoms. The number of carboxylic acid groups (broad SMARTS) is 1. The second kappa shape index (κ2) is 7.39. The molecule has 0 saturated heterocycles. The van der Waals surface area contributed by atoms with Gasteiger partial charge in [0, 0.05) is 0 Å². The molecule has 2 atom stereocenters. The van der Waals surface area contributed by atoms with Crippen molar-refractivity contribution in [2.24, 2.45) is 29.6 Å². The van der Waals surface area contributed by atoms with Gasteiger partial charge in [-0.05, 0) is 17.8 Å². The van der Waals surface area contributed by atoms with Gasteiger partial charge in [0.2, 0.25) is 0 Å². The maximum Gasteiger partial charge on any atom is 0.310 e. The summed E-state index contributed by atoms with van der Waals surface area (Å²) in [5.41, 5.74) is 0. The summed E-state index contributed by atoms with van der Waals surface area (Å²) in [6.45, 7) is 11.6. The number of rotatable bonds is 7. The van der Waals surface area contributed by atoms with Crippen molar-refractivity contribution < 1.29 is 19.4 Å². The van der Waals surface area contributed by atoms with E-state index in [2.05, 4.69) is 0 Å². The number of carboxylic acids is 1. The Morgan fingerprint density at radius 2 is 1.39 bits per heavy atom. The van der Waals surface area contributed by atoms with Crippen LogP contribution in [0.1, 0.15) is 41.5 Å². The first-order valence-corrected chi connectivity index (χ1v) is 6.57. The van der Waals surface area contributed by atoms with Crippen LogP contribution in [0.3, 0.4) is 0 Å². The monoisotopic (exact) mass is 258 g/mol. The van der Waals surface area contributed by atoms with Crippen molar-refractivity contribution in [3.8, 4) is 0 Å². The highest BCUT2D eigenvalue weighted by molar-refractivity contribution is 5.81. The minimum Gasteiger partial charge on any atom is -0.481 e. The average molecular weight is 258 g/mol. The van der Waals surface area contributed by atoms with Crippen LogP contribution in [0.25, 0.3) is 0 Å². The van der Waals surface area contributed by atoms with Crippen molar-refractivity contribution in [2.45, 2.75) is 41.5 Å². The molecule has 1 N–H and O–H groups in total. The third-order valence-electron chi connectivity index (χ3n) is 2.94. The summed E-state index contributed by atoms with van der Waals surface area (Å²) < 4.78 is 5.21. The number of aliphatic carboxylic acids is 1. The summed E-state index contributed by atoms with van der Waals surface area (Å²) in [5, 5.41) is 9.28. The Morgan fingerprint density at radius 3 is 1.67 bits per heavy atom.